The molecule has 172 valence electrons. The highest BCUT2D eigenvalue weighted by Gasteiger charge is 2.37. The molecule has 0 radical (unpaired) electrons. The first-order chi connectivity index (χ1) is 16.2. The maximum absolute atomic E-state index is 13.2. The zero-order valence-electron chi connectivity index (χ0n) is 17.2. The smallest absolute Gasteiger partial charge is 0.335 e. The first-order valence-electron chi connectivity index (χ1n) is 9.76. The number of nitrogens with one attached hydrogen (secondary N) is 1. The molecule has 0 unspecified atom stereocenters. The molecule has 0 saturated carbocycles. The molecule has 34 heavy (non-hydrogen) atoms. The van der Waals surface area contributed by atoms with Gasteiger partial charge in [-0.15, -0.1) is 0 Å². The lowest BCUT2D eigenvalue weighted by Gasteiger charge is -2.26. The fraction of sp³-hybridized carbons (Fsp3) is 0.0417. The second kappa shape index (κ2) is 10.2. The van der Waals surface area contributed by atoms with Crippen molar-refractivity contribution in [2.45, 2.75) is 6.61 Å². The van der Waals surface area contributed by atoms with Crippen LogP contribution in [0.3, 0.4) is 0 Å². The normalized spacial score (nSPS) is 15.0. The van der Waals surface area contributed by atoms with E-state index in [1.165, 1.54) is 18.2 Å². The van der Waals surface area contributed by atoms with Crippen molar-refractivity contribution in [3.05, 3.63) is 96.6 Å². The zero-order chi connectivity index (χ0) is 24.4. The summed E-state index contributed by atoms with van der Waals surface area (Å²) < 4.78 is 21.2. The quantitative estimate of drug-likeness (QED) is 0.257. The summed E-state index contributed by atoms with van der Waals surface area (Å²) in [6.45, 7) is 0.125. The molecular weight excluding hydrogens is 639 g/mol. The Morgan fingerprint density at radius 3 is 2.26 bits per heavy atom. The van der Waals surface area contributed by atoms with E-state index >= 15 is 0 Å². The Morgan fingerprint density at radius 2 is 1.59 bits per heavy atom. The number of amides is 4. The summed E-state index contributed by atoms with van der Waals surface area (Å²) >= 11 is 10.2. The Hall–Kier alpha value is -2.82. The number of carbonyl (C=O) groups is 3. The van der Waals surface area contributed by atoms with E-state index < -0.39 is 17.8 Å². The average Bonchev–Trinajstić information content (AvgIpc) is 2.78. The van der Waals surface area contributed by atoms with Crippen LogP contribution in [0.4, 0.5) is 14.9 Å². The van der Waals surface area contributed by atoms with E-state index in [4.69, 9.17) is 4.74 Å². The van der Waals surface area contributed by atoms with Gasteiger partial charge in [-0.05, 0) is 76.1 Å². The van der Waals surface area contributed by atoms with Crippen LogP contribution in [0.1, 0.15) is 11.1 Å². The van der Waals surface area contributed by atoms with Gasteiger partial charge in [0.1, 0.15) is 23.7 Å². The summed E-state index contributed by atoms with van der Waals surface area (Å²) in [7, 11) is 0. The number of hydrogen-bond acceptors (Lipinski definition) is 4. The van der Waals surface area contributed by atoms with Gasteiger partial charge in [-0.2, -0.15) is 0 Å². The molecule has 4 amide bonds. The zero-order valence-corrected chi connectivity index (χ0v) is 21.9. The first-order valence-corrected chi connectivity index (χ1v) is 12.1. The minimum absolute atomic E-state index is 0.125. The van der Waals surface area contributed by atoms with E-state index in [0.29, 0.717) is 25.9 Å². The van der Waals surface area contributed by atoms with Crippen LogP contribution in [0.25, 0.3) is 6.08 Å². The van der Waals surface area contributed by atoms with Crippen molar-refractivity contribution in [3.63, 3.8) is 0 Å². The third-order valence-electron chi connectivity index (χ3n) is 4.82. The summed E-state index contributed by atoms with van der Waals surface area (Å²) in [5, 5.41) is 2.20. The number of carbonyl (C=O) groups excluding carboxylic acids is 3. The second-order valence-corrected chi connectivity index (χ2v) is 9.84. The second-order valence-electron chi connectivity index (χ2n) is 7.16. The van der Waals surface area contributed by atoms with E-state index in [2.05, 4.69) is 53.1 Å². The fourth-order valence-corrected chi connectivity index (χ4v) is 4.85. The van der Waals surface area contributed by atoms with Gasteiger partial charge in [0, 0.05) is 14.5 Å². The van der Waals surface area contributed by atoms with Crippen LogP contribution in [0, 0.1) is 5.82 Å². The molecule has 1 aliphatic rings. The van der Waals surface area contributed by atoms with Crippen LogP contribution in [0.5, 0.6) is 5.75 Å². The van der Waals surface area contributed by atoms with E-state index in [1.54, 1.807) is 48.5 Å². The van der Waals surface area contributed by atoms with Crippen molar-refractivity contribution in [1.82, 2.24) is 5.32 Å². The molecule has 1 N–H and O–H groups in total. The number of imide groups is 2. The average molecular weight is 653 g/mol. The molecule has 1 saturated heterocycles. The molecule has 1 heterocycles. The Bertz CT molecular complexity index is 1330. The summed E-state index contributed by atoms with van der Waals surface area (Å²) in [4.78, 5) is 39.1. The van der Waals surface area contributed by atoms with Gasteiger partial charge < -0.3 is 4.74 Å². The lowest BCUT2D eigenvalue weighted by atomic mass is 10.1. The Labute approximate surface area is 219 Å². The minimum atomic E-state index is -0.835. The molecule has 0 bridgehead atoms. The monoisotopic (exact) mass is 650 g/mol. The lowest BCUT2D eigenvalue weighted by Crippen LogP contribution is -2.54. The van der Waals surface area contributed by atoms with Gasteiger partial charge in [0.05, 0.1) is 10.2 Å². The highest BCUT2D eigenvalue weighted by Crippen LogP contribution is 2.35. The van der Waals surface area contributed by atoms with E-state index in [9.17, 15) is 18.8 Å². The summed E-state index contributed by atoms with van der Waals surface area (Å²) in [5.74, 6) is -1.57. The van der Waals surface area contributed by atoms with Crippen molar-refractivity contribution >= 4 is 77.4 Å². The molecule has 4 rings (SSSR count). The maximum atomic E-state index is 13.2. The third kappa shape index (κ3) is 5.29. The van der Waals surface area contributed by atoms with Gasteiger partial charge in [0.2, 0.25) is 0 Å². The summed E-state index contributed by atoms with van der Waals surface area (Å²) in [6, 6.07) is 15.0. The van der Waals surface area contributed by atoms with Crippen LogP contribution in [0.15, 0.2) is 79.7 Å². The number of ether oxygens (including phenoxy) is 1. The SMILES string of the molecule is O=C1NC(=O)N(c2ccc(Br)cc2)C(=O)/C1=C/c1cc(Br)cc(Br)c1OCc1ccc(F)cc1. The Balaban J connectivity index is 1.70. The number of benzene rings is 3. The molecule has 6 nitrogen and oxygen atoms in total. The molecule has 0 aliphatic carbocycles. The predicted molar refractivity (Wildman–Crippen MR) is 136 cm³/mol. The summed E-state index contributed by atoms with van der Waals surface area (Å²) in [5.41, 5.74) is 1.23. The largest absolute Gasteiger partial charge is 0.487 e. The van der Waals surface area contributed by atoms with Gasteiger partial charge in [-0.25, -0.2) is 14.1 Å². The van der Waals surface area contributed by atoms with Crippen molar-refractivity contribution < 1.29 is 23.5 Å². The van der Waals surface area contributed by atoms with E-state index in [-0.39, 0.29) is 18.0 Å². The van der Waals surface area contributed by atoms with Gasteiger partial charge >= 0.3 is 6.03 Å². The predicted octanol–water partition coefficient (Wildman–Crippen LogP) is 6.36. The minimum Gasteiger partial charge on any atom is -0.487 e. The molecule has 0 spiro atoms. The molecule has 1 aliphatic heterocycles. The number of hydrogen-bond donors (Lipinski definition) is 1. The van der Waals surface area contributed by atoms with E-state index in [1.807, 2.05) is 0 Å². The number of halogens is 4. The van der Waals surface area contributed by atoms with Crippen LogP contribution >= 0.6 is 47.8 Å². The number of barbiturate groups is 1. The van der Waals surface area contributed by atoms with Crippen LogP contribution in [0.2, 0.25) is 0 Å². The van der Waals surface area contributed by atoms with Crippen molar-refractivity contribution in [3.8, 4) is 5.75 Å². The number of urea groups is 1. The highest BCUT2D eigenvalue weighted by molar-refractivity contribution is 9.11. The van der Waals surface area contributed by atoms with Gasteiger partial charge in [-0.1, -0.05) is 44.0 Å². The highest BCUT2D eigenvalue weighted by atomic mass is 79.9. The fourth-order valence-electron chi connectivity index (χ4n) is 3.21. The lowest BCUT2D eigenvalue weighted by molar-refractivity contribution is -0.122. The number of rotatable bonds is 5. The number of anilines is 1. The Kier molecular flexibility index (Phi) is 7.30. The molecule has 0 aromatic heterocycles. The molecule has 3 aromatic carbocycles. The molecule has 10 heteroatoms. The molecule has 3 aromatic rings. The maximum Gasteiger partial charge on any atom is 0.335 e. The van der Waals surface area contributed by atoms with E-state index in [0.717, 1.165) is 14.9 Å². The van der Waals surface area contributed by atoms with Gasteiger partial charge in [0.25, 0.3) is 11.8 Å². The van der Waals surface area contributed by atoms with Crippen LogP contribution in [-0.4, -0.2) is 17.8 Å². The van der Waals surface area contributed by atoms with Crippen molar-refractivity contribution in [2.24, 2.45) is 0 Å². The first kappa shape index (κ1) is 24.3. The topological polar surface area (TPSA) is 75.7 Å². The Morgan fingerprint density at radius 1 is 0.912 bits per heavy atom. The van der Waals surface area contributed by atoms with Gasteiger partial charge in [0.15, 0.2) is 0 Å². The third-order valence-corrected chi connectivity index (χ3v) is 6.40. The van der Waals surface area contributed by atoms with Crippen molar-refractivity contribution in [1.29, 1.82) is 0 Å². The molecular formula is C24H14Br3FN2O4. The molecule has 1 fully saturated rings. The van der Waals surface area contributed by atoms with Crippen molar-refractivity contribution in [2.75, 3.05) is 4.90 Å². The van der Waals surface area contributed by atoms with Crippen LogP contribution in [-0.2, 0) is 16.2 Å². The summed E-state index contributed by atoms with van der Waals surface area (Å²) in [6.07, 6.45) is 1.37. The number of nitrogens with zero attached hydrogens (tertiary/aromatic N) is 1. The van der Waals surface area contributed by atoms with Crippen LogP contribution < -0.4 is 15.0 Å². The van der Waals surface area contributed by atoms with Gasteiger partial charge in [-0.3, -0.25) is 14.9 Å². The molecule has 0 atom stereocenters. The standard InChI is InChI=1S/C24H14Br3FN2O4/c25-15-3-7-18(8-4-15)30-23(32)19(22(31)29-24(30)33)10-14-9-16(26)11-20(27)21(14)34-12-13-1-5-17(28)6-2-13/h1-11H,12H2,(H,29,31,33)/b19-10+.